The number of carboxylic acids is 1. The van der Waals surface area contributed by atoms with E-state index >= 15 is 0 Å². The molecule has 1 amide bonds. The van der Waals surface area contributed by atoms with Crippen LogP contribution in [0.1, 0.15) is 44.0 Å². The van der Waals surface area contributed by atoms with Crippen LogP contribution < -0.4 is 9.64 Å². The Morgan fingerprint density at radius 1 is 1.00 bits per heavy atom. The van der Waals surface area contributed by atoms with Gasteiger partial charge in [0.15, 0.2) is 0 Å². The molecule has 0 unspecified atom stereocenters. The molecule has 0 spiro atoms. The molecule has 0 atom stereocenters. The molecule has 0 aromatic heterocycles. The van der Waals surface area contributed by atoms with Crippen LogP contribution in [0, 0.1) is 0 Å². The number of benzene rings is 1. The fourth-order valence-corrected chi connectivity index (χ4v) is 3.22. The second-order valence-electron chi connectivity index (χ2n) is 9.65. The van der Waals surface area contributed by atoms with E-state index in [0.29, 0.717) is 11.4 Å². The number of ether oxygens (including phenoxy) is 3. The van der Waals surface area contributed by atoms with E-state index in [0.717, 1.165) is 6.07 Å². The van der Waals surface area contributed by atoms with Crippen molar-refractivity contribution in [2.75, 3.05) is 45.4 Å². The molecule has 1 aromatic carbocycles. The minimum absolute atomic E-state index is 0.173. The first-order chi connectivity index (χ1) is 17.7. The summed E-state index contributed by atoms with van der Waals surface area (Å²) in [6.07, 6.45) is -9.69. The van der Waals surface area contributed by atoms with Crippen LogP contribution in [-0.2, 0) is 19.1 Å². The van der Waals surface area contributed by atoms with Crippen LogP contribution in [0.25, 0.3) is 0 Å². The maximum Gasteiger partial charge on any atom is 0.490 e. The molecule has 0 radical (unpaired) electrons. The van der Waals surface area contributed by atoms with Crippen molar-refractivity contribution in [3.63, 3.8) is 0 Å². The number of hydrogen-bond acceptors (Lipinski definition) is 7. The smallest absolute Gasteiger partial charge is 0.490 e. The Balaban J connectivity index is 0.000000584. The molecule has 0 aliphatic carbocycles. The van der Waals surface area contributed by atoms with Crippen molar-refractivity contribution in [1.82, 2.24) is 4.90 Å². The minimum atomic E-state index is -5.14. The standard InChI is InChI=1S/C18H23F3N2O5.C6H9F3O2/c1-22(2)7-10-28-13-3-4-14(16(24)25)15(11-13)23(17(26)18(19,20)21)12-5-8-27-9-6-12;1-5(2,3)11-4(10)6(7,8)9/h3-4,11-12H,5-10H2,1-2H3,(H,24,25);1-3H3. The summed E-state index contributed by atoms with van der Waals surface area (Å²) in [4.78, 5) is 36.3. The Hall–Kier alpha value is -3.07. The van der Waals surface area contributed by atoms with Crippen LogP contribution in [-0.4, -0.2) is 92.3 Å². The van der Waals surface area contributed by atoms with E-state index in [-0.39, 0.29) is 44.1 Å². The zero-order valence-electron chi connectivity index (χ0n) is 22.1. The number of rotatable bonds is 7. The van der Waals surface area contributed by atoms with Gasteiger partial charge in [-0.3, -0.25) is 4.79 Å². The van der Waals surface area contributed by atoms with Gasteiger partial charge in [-0.25, -0.2) is 9.59 Å². The number of carboxylic acid groups (broad SMARTS) is 1. The van der Waals surface area contributed by atoms with Gasteiger partial charge in [-0.1, -0.05) is 0 Å². The highest BCUT2D eigenvalue weighted by molar-refractivity contribution is 6.04. The second-order valence-corrected chi connectivity index (χ2v) is 9.65. The van der Waals surface area contributed by atoms with Crippen molar-refractivity contribution in [3.05, 3.63) is 23.8 Å². The van der Waals surface area contributed by atoms with Crippen LogP contribution in [0.15, 0.2) is 18.2 Å². The molecule has 1 aliphatic rings. The number of nitrogens with zero attached hydrogens (tertiary/aromatic N) is 2. The third-order valence-corrected chi connectivity index (χ3v) is 4.91. The SMILES string of the molecule is CC(C)(C)OC(=O)C(F)(F)F.CN(C)CCOc1ccc(C(=O)O)c(N(C(=O)C(F)(F)F)C2CCOCC2)c1. The van der Waals surface area contributed by atoms with E-state index in [1.54, 1.807) is 0 Å². The average Bonchev–Trinajstić information content (AvgIpc) is 2.78. The van der Waals surface area contributed by atoms with E-state index in [9.17, 15) is 45.8 Å². The van der Waals surface area contributed by atoms with Gasteiger partial charge in [0.05, 0.1) is 11.3 Å². The normalized spacial score (nSPS) is 14.8. The van der Waals surface area contributed by atoms with Crippen LogP contribution in [0.3, 0.4) is 0 Å². The number of aromatic carboxylic acids is 1. The zero-order valence-corrected chi connectivity index (χ0v) is 22.1. The number of esters is 1. The summed E-state index contributed by atoms with van der Waals surface area (Å²) in [5.74, 6) is -5.49. The number of amides is 1. The third-order valence-electron chi connectivity index (χ3n) is 4.91. The predicted molar refractivity (Wildman–Crippen MR) is 127 cm³/mol. The number of carbonyl (C=O) groups excluding carboxylic acids is 2. The molecular formula is C24H32F6N2O7. The summed E-state index contributed by atoms with van der Waals surface area (Å²) in [5.41, 5.74) is -1.82. The first kappa shape index (κ1) is 34.0. The summed E-state index contributed by atoms with van der Waals surface area (Å²) in [6.45, 7) is 5.30. The maximum absolute atomic E-state index is 13.3. The van der Waals surface area contributed by atoms with Crippen molar-refractivity contribution in [1.29, 1.82) is 0 Å². The topological polar surface area (TPSA) is 106 Å². The molecule has 39 heavy (non-hydrogen) atoms. The van der Waals surface area contributed by atoms with Gasteiger partial charge in [-0.05, 0) is 59.8 Å². The second kappa shape index (κ2) is 13.8. The first-order valence-corrected chi connectivity index (χ1v) is 11.7. The fourth-order valence-electron chi connectivity index (χ4n) is 3.22. The average molecular weight is 575 g/mol. The van der Waals surface area contributed by atoms with E-state index in [2.05, 4.69) is 4.74 Å². The Kier molecular flexibility index (Phi) is 12.0. The number of carbonyl (C=O) groups is 3. The highest BCUT2D eigenvalue weighted by atomic mass is 19.4. The minimum Gasteiger partial charge on any atom is -0.492 e. The third kappa shape index (κ3) is 11.7. The number of anilines is 1. The lowest BCUT2D eigenvalue weighted by atomic mass is 10.0. The summed E-state index contributed by atoms with van der Waals surface area (Å²) in [5, 5.41) is 9.45. The van der Waals surface area contributed by atoms with E-state index in [1.165, 1.54) is 32.9 Å². The molecule has 2 rings (SSSR count). The van der Waals surface area contributed by atoms with Crippen LogP contribution in [0.4, 0.5) is 32.0 Å². The Labute approximate surface area is 221 Å². The first-order valence-electron chi connectivity index (χ1n) is 11.7. The summed E-state index contributed by atoms with van der Waals surface area (Å²) in [7, 11) is 3.66. The lowest BCUT2D eigenvalue weighted by Crippen LogP contribution is -2.50. The number of likely N-dealkylation sites (N-methyl/N-ethyl adjacent to an activating group) is 1. The summed E-state index contributed by atoms with van der Waals surface area (Å²) < 4.78 is 89.0. The zero-order chi connectivity index (χ0) is 30.2. The summed E-state index contributed by atoms with van der Waals surface area (Å²) in [6, 6.07) is 2.87. The molecule has 0 bridgehead atoms. The van der Waals surface area contributed by atoms with Crippen LogP contribution in [0.5, 0.6) is 5.75 Å². The van der Waals surface area contributed by atoms with E-state index in [1.807, 2.05) is 19.0 Å². The molecule has 1 fully saturated rings. The monoisotopic (exact) mass is 574 g/mol. The highest BCUT2D eigenvalue weighted by Gasteiger charge is 2.46. The van der Waals surface area contributed by atoms with Crippen molar-refractivity contribution in [2.45, 2.75) is 57.6 Å². The Bertz CT molecular complexity index is 985. The molecule has 1 aliphatic heterocycles. The van der Waals surface area contributed by atoms with Gasteiger partial charge in [0, 0.05) is 31.9 Å². The van der Waals surface area contributed by atoms with Gasteiger partial charge in [0.2, 0.25) is 0 Å². The number of halogens is 6. The van der Waals surface area contributed by atoms with Gasteiger partial charge >= 0.3 is 30.2 Å². The fraction of sp³-hybridized carbons (Fsp3) is 0.625. The lowest BCUT2D eigenvalue weighted by Gasteiger charge is -2.35. The van der Waals surface area contributed by atoms with E-state index in [4.69, 9.17) is 9.47 Å². The molecule has 1 saturated heterocycles. The molecule has 1 heterocycles. The molecule has 0 saturated carbocycles. The Morgan fingerprint density at radius 3 is 1.97 bits per heavy atom. The molecule has 9 nitrogen and oxygen atoms in total. The molecule has 1 N–H and O–H groups in total. The van der Waals surface area contributed by atoms with Crippen molar-refractivity contribution in [2.24, 2.45) is 0 Å². The largest absolute Gasteiger partial charge is 0.492 e. The quantitative estimate of drug-likeness (QED) is 0.380. The number of hydrogen-bond donors (Lipinski definition) is 1. The molecule has 1 aromatic rings. The lowest BCUT2D eigenvalue weighted by molar-refractivity contribution is -0.210. The Morgan fingerprint density at radius 2 is 1.56 bits per heavy atom. The predicted octanol–water partition coefficient (Wildman–Crippen LogP) is 4.29. The van der Waals surface area contributed by atoms with Crippen molar-refractivity contribution >= 4 is 23.5 Å². The maximum atomic E-state index is 13.3. The van der Waals surface area contributed by atoms with Gasteiger partial charge in [0.25, 0.3) is 0 Å². The molecular weight excluding hydrogens is 542 g/mol. The van der Waals surface area contributed by atoms with Crippen LogP contribution in [0.2, 0.25) is 0 Å². The number of alkyl halides is 6. The molecule has 15 heteroatoms. The van der Waals surface area contributed by atoms with Gasteiger partial charge in [-0.2, -0.15) is 26.3 Å². The highest BCUT2D eigenvalue weighted by Crippen LogP contribution is 2.34. The van der Waals surface area contributed by atoms with Crippen molar-refractivity contribution < 1.29 is 60.0 Å². The van der Waals surface area contributed by atoms with Crippen LogP contribution >= 0.6 is 0 Å². The van der Waals surface area contributed by atoms with Gasteiger partial charge in [0.1, 0.15) is 18.0 Å². The summed E-state index contributed by atoms with van der Waals surface area (Å²) >= 11 is 0. The van der Waals surface area contributed by atoms with Gasteiger partial charge in [-0.15, -0.1) is 0 Å². The van der Waals surface area contributed by atoms with Gasteiger partial charge < -0.3 is 29.1 Å². The van der Waals surface area contributed by atoms with Crippen molar-refractivity contribution in [3.8, 4) is 5.75 Å². The molecule has 222 valence electrons. The van der Waals surface area contributed by atoms with E-state index < -0.39 is 47.4 Å².